The SMILES string of the molecule is C=CCN(C)C(=O)[C@H]1[C@@H]2OC3(CC2Br)C(C(=O)N(CC=C)c2ccccc2Cl)N([C@H](CO)c2ccccc2)C(=O)[C@H]13. The van der Waals surface area contributed by atoms with Gasteiger partial charge < -0.3 is 24.5 Å². The predicted octanol–water partition coefficient (Wildman–Crippen LogP) is 3.99. The van der Waals surface area contributed by atoms with E-state index in [0.29, 0.717) is 29.2 Å². The van der Waals surface area contributed by atoms with Crippen molar-refractivity contribution in [3.8, 4) is 0 Å². The average molecular weight is 643 g/mol. The number of carbonyl (C=O) groups excluding carboxylic acids is 3. The summed E-state index contributed by atoms with van der Waals surface area (Å²) in [6.07, 6.45) is 2.96. The Bertz CT molecular complexity index is 1360. The summed E-state index contributed by atoms with van der Waals surface area (Å²) in [6, 6.07) is 14.1. The number of carbonyl (C=O) groups is 3. The number of benzene rings is 2. The highest BCUT2D eigenvalue weighted by Crippen LogP contribution is 2.61. The Labute approximate surface area is 253 Å². The third kappa shape index (κ3) is 4.73. The van der Waals surface area contributed by atoms with Crippen LogP contribution in [0.4, 0.5) is 5.69 Å². The molecule has 0 aliphatic carbocycles. The van der Waals surface area contributed by atoms with Crippen LogP contribution in [0.3, 0.4) is 0 Å². The second-order valence-electron chi connectivity index (χ2n) is 10.7. The molecule has 3 fully saturated rings. The minimum absolute atomic E-state index is 0.128. The Hall–Kier alpha value is -2.98. The molecule has 3 unspecified atom stereocenters. The quantitative estimate of drug-likeness (QED) is 0.313. The van der Waals surface area contributed by atoms with Gasteiger partial charge in [0.1, 0.15) is 11.6 Å². The Balaban J connectivity index is 1.68. The van der Waals surface area contributed by atoms with Crippen molar-refractivity contribution in [2.45, 2.75) is 35.0 Å². The van der Waals surface area contributed by atoms with Gasteiger partial charge in [0.15, 0.2) is 0 Å². The molecule has 2 aromatic carbocycles. The standard InChI is InChI=1S/C31H33BrClN3O5/c1-4-15-34(3)28(38)24-25-29(39)36(23(18-37)19-11-7-6-8-12-19)27(31(25)17-20(32)26(24)41-31)30(40)35(16-5-2)22-14-10-9-13-21(22)33/h4-14,20,23-27,37H,1-2,15-18H2,3H3/t20?,23-,24-,25+,26-,27?,31?/m1/s1. The second-order valence-corrected chi connectivity index (χ2v) is 12.3. The van der Waals surface area contributed by atoms with Crippen molar-refractivity contribution >= 4 is 50.9 Å². The van der Waals surface area contributed by atoms with Crippen LogP contribution in [0.5, 0.6) is 0 Å². The molecule has 0 saturated carbocycles. The van der Waals surface area contributed by atoms with E-state index in [9.17, 15) is 19.5 Å². The van der Waals surface area contributed by atoms with Crippen LogP contribution in [-0.2, 0) is 19.1 Å². The summed E-state index contributed by atoms with van der Waals surface area (Å²) in [5, 5.41) is 11.0. The molecule has 8 nitrogen and oxygen atoms in total. The van der Waals surface area contributed by atoms with E-state index in [1.807, 2.05) is 30.3 Å². The number of rotatable bonds is 10. The largest absolute Gasteiger partial charge is 0.394 e. The second kappa shape index (κ2) is 11.7. The van der Waals surface area contributed by atoms with Crippen molar-refractivity contribution in [1.82, 2.24) is 9.80 Å². The number of aliphatic hydroxyl groups excluding tert-OH is 1. The number of hydrogen-bond acceptors (Lipinski definition) is 5. The number of halogens is 2. The van der Waals surface area contributed by atoms with Crippen molar-refractivity contribution in [3.05, 3.63) is 90.5 Å². The topological polar surface area (TPSA) is 90.4 Å². The van der Waals surface area contributed by atoms with Crippen LogP contribution in [0.25, 0.3) is 0 Å². The van der Waals surface area contributed by atoms with Gasteiger partial charge >= 0.3 is 0 Å². The highest BCUT2D eigenvalue weighted by Gasteiger charge is 2.77. The smallest absolute Gasteiger partial charge is 0.253 e. The third-order valence-electron chi connectivity index (χ3n) is 8.44. The molecule has 41 heavy (non-hydrogen) atoms. The molecule has 216 valence electrons. The molecule has 3 heterocycles. The van der Waals surface area contributed by atoms with Crippen LogP contribution >= 0.6 is 27.5 Å². The lowest BCUT2D eigenvalue weighted by Crippen LogP contribution is -2.58. The maximum absolute atomic E-state index is 14.8. The molecule has 3 aliphatic heterocycles. The molecule has 3 aliphatic rings. The van der Waals surface area contributed by atoms with Gasteiger partial charge in [-0.2, -0.15) is 0 Å². The number of likely N-dealkylation sites (tertiary alicyclic amines) is 1. The third-order valence-corrected chi connectivity index (χ3v) is 9.60. The summed E-state index contributed by atoms with van der Waals surface area (Å²) >= 11 is 10.3. The van der Waals surface area contributed by atoms with Crippen LogP contribution < -0.4 is 4.90 Å². The highest BCUT2D eigenvalue weighted by molar-refractivity contribution is 9.09. The fourth-order valence-corrected chi connectivity index (χ4v) is 7.97. The molecule has 0 aromatic heterocycles. The minimum Gasteiger partial charge on any atom is -0.394 e. The normalized spacial score (nSPS) is 28.7. The van der Waals surface area contributed by atoms with E-state index in [-0.39, 0.29) is 17.3 Å². The van der Waals surface area contributed by atoms with E-state index in [1.54, 1.807) is 43.5 Å². The first-order chi connectivity index (χ1) is 19.7. The van der Waals surface area contributed by atoms with Gasteiger partial charge in [-0.15, -0.1) is 13.2 Å². The summed E-state index contributed by atoms with van der Waals surface area (Å²) in [5.41, 5.74) is -0.166. The lowest BCUT2D eigenvalue weighted by molar-refractivity contribution is -0.147. The van der Waals surface area contributed by atoms with E-state index >= 15 is 0 Å². The fraction of sp³-hybridized carbons (Fsp3) is 0.387. The Morgan fingerprint density at radius 3 is 2.44 bits per heavy atom. The maximum atomic E-state index is 14.8. The lowest BCUT2D eigenvalue weighted by atomic mass is 9.70. The lowest BCUT2D eigenvalue weighted by Gasteiger charge is -2.39. The van der Waals surface area contributed by atoms with Gasteiger partial charge in [0.05, 0.1) is 41.3 Å². The van der Waals surface area contributed by atoms with E-state index in [1.165, 1.54) is 14.7 Å². The summed E-state index contributed by atoms with van der Waals surface area (Å²) in [7, 11) is 1.66. The molecule has 1 spiro atoms. The van der Waals surface area contributed by atoms with E-state index in [4.69, 9.17) is 16.3 Å². The van der Waals surface area contributed by atoms with Gasteiger partial charge in [-0.05, 0) is 24.1 Å². The highest BCUT2D eigenvalue weighted by atomic mass is 79.9. The minimum atomic E-state index is -1.30. The number of hydrogen-bond donors (Lipinski definition) is 1. The maximum Gasteiger partial charge on any atom is 0.253 e. The molecule has 1 N–H and O–H groups in total. The first-order valence-electron chi connectivity index (χ1n) is 13.5. The molecule has 5 rings (SSSR count). The first kappa shape index (κ1) is 29.5. The number of ether oxygens (including phenoxy) is 1. The van der Waals surface area contributed by atoms with E-state index in [0.717, 1.165) is 0 Å². The molecule has 3 saturated heterocycles. The number of alkyl halides is 1. The zero-order chi connectivity index (χ0) is 29.5. The van der Waals surface area contributed by atoms with E-state index in [2.05, 4.69) is 29.1 Å². The monoisotopic (exact) mass is 641 g/mol. The van der Waals surface area contributed by atoms with Crippen molar-refractivity contribution in [2.24, 2.45) is 11.8 Å². The van der Waals surface area contributed by atoms with Crippen LogP contribution in [-0.4, -0.2) is 81.9 Å². The molecular weight excluding hydrogens is 610 g/mol. The van der Waals surface area contributed by atoms with Crippen LogP contribution in [0.2, 0.25) is 5.02 Å². The zero-order valence-electron chi connectivity index (χ0n) is 22.7. The average Bonchev–Trinajstić information content (AvgIpc) is 3.56. The summed E-state index contributed by atoms with van der Waals surface area (Å²) in [4.78, 5) is 47.3. The predicted molar refractivity (Wildman–Crippen MR) is 161 cm³/mol. The van der Waals surface area contributed by atoms with Crippen LogP contribution in [0, 0.1) is 11.8 Å². The molecule has 7 atom stereocenters. The Morgan fingerprint density at radius 2 is 1.80 bits per heavy atom. The summed E-state index contributed by atoms with van der Waals surface area (Å²) in [6.45, 7) is 7.58. The molecule has 2 aromatic rings. The molecule has 3 amide bonds. The Morgan fingerprint density at radius 1 is 1.15 bits per heavy atom. The number of nitrogens with zero attached hydrogens (tertiary/aromatic N) is 3. The van der Waals surface area contributed by atoms with Crippen molar-refractivity contribution < 1.29 is 24.2 Å². The van der Waals surface area contributed by atoms with Crippen molar-refractivity contribution in [3.63, 3.8) is 0 Å². The molecule has 0 radical (unpaired) electrons. The van der Waals surface area contributed by atoms with Gasteiger partial charge in [0.2, 0.25) is 11.8 Å². The number of para-hydroxylation sites is 1. The first-order valence-corrected chi connectivity index (χ1v) is 14.8. The fourth-order valence-electron chi connectivity index (χ4n) is 6.79. The van der Waals surface area contributed by atoms with Gasteiger partial charge in [0.25, 0.3) is 5.91 Å². The van der Waals surface area contributed by atoms with Gasteiger partial charge in [-0.25, -0.2) is 0 Å². The number of fused-ring (bicyclic) bond motifs is 1. The van der Waals surface area contributed by atoms with Gasteiger partial charge in [-0.3, -0.25) is 14.4 Å². The summed E-state index contributed by atoms with van der Waals surface area (Å²) < 4.78 is 6.65. The molecular formula is C31H33BrClN3O5. The van der Waals surface area contributed by atoms with E-state index < -0.39 is 54.0 Å². The van der Waals surface area contributed by atoms with Crippen molar-refractivity contribution in [1.29, 1.82) is 0 Å². The number of aliphatic hydroxyl groups is 1. The van der Waals surface area contributed by atoms with Crippen LogP contribution in [0.1, 0.15) is 18.0 Å². The van der Waals surface area contributed by atoms with Gasteiger partial charge in [0, 0.05) is 25.0 Å². The number of likely N-dealkylation sites (N-methyl/N-ethyl adjacent to an activating group) is 1. The summed E-state index contributed by atoms with van der Waals surface area (Å²) in [5.74, 6) is -2.78. The zero-order valence-corrected chi connectivity index (χ0v) is 25.1. The molecule has 2 bridgehead atoms. The van der Waals surface area contributed by atoms with Crippen molar-refractivity contribution in [2.75, 3.05) is 31.6 Å². The number of anilines is 1. The number of amides is 3. The Kier molecular flexibility index (Phi) is 8.43. The van der Waals surface area contributed by atoms with Crippen LogP contribution in [0.15, 0.2) is 79.9 Å². The van der Waals surface area contributed by atoms with Gasteiger partial charge in [-0.1, -0.05) is 82.1 Å². The molecule has 10 heteroatoms.